The van der Waals surface area contributed by atoms with Crippen LogP contribution in [0, 0.1) is 11.6 Å². The molecule has 2 unspecified atom stereocenters. The van der Waals surface area contributed by atoms with Gasteiger partial charge in [0.25, 0.3) is 5.91 Å². The van der Waals surface area contributed by atoms with E-state index in [-0.39, 0.29) is 42.5 Å². The van der Waals surface area contributed by atoms with Crippen LogP contribution in [0.1, 0.15) is 35.3 Å². The van der Waals surface area contributed by atoms with E-state index in [1.165, 1.54) is 13.4 Å². The van der Waals surface area contributed by atoms with Gasteiger partial charge in [-0.2, -0.15) is 13.2 Å². The number of nitrogens with zero attached hydrogens (tertiary/aromatic N) is 5. The Hall–Kier alpha value is -4.53. The molecule has 4 heterocycles. The highest BCUT2D eigenvalue weighted by Crippen LogP contribution is 2.40. The maximum Gasteiger partial charge on any atom is 0.417 e. The molecule has 2 aliphatic heterocycles. The van der Waals surface area contributed by atoms with Crippen LogP contribution < -0.4 is 25.4 Å². The average molecular weight is 620 g/mol. The first-order valence-corrected chi connectivity index (χ1v) is 13.7. The van der Waals surface area contributed by atoms with Crippen molar-refractivity contribution in [3.8, 4) is 5.88 Å². The maximum absolute atomic E-state index is 16.5. The van der Waals surface area contributed by atoms with E-state index in [4.69, 9.17) is 4.74 Å². The van der Waals surface area contributed by atoms with E-state index >= 15 is 8.78 Å². The number of rotatable bonds is 6. The van der Waals surface area contributed by atoms with Gasteiger partial charge in [-0.1, -0.05) is 6.08 Å². The fraction of sp³-hybridized carbons (Fsp3) is 0.379. The van der Waals surface area contributed by atoms with Gasteiger partial charge in [0.2, 0.25) is 11.4 Å². The predicted octanol–water partition coefficient (Wildman–Crippen LogP) is 4.16. The molecule has 2 aliphatic rings. The molecule has 1 aromatic carbocycles. The molecule has 5 rings (SSSR count). The zero-order valence-corrected chi connectivity index (χ0v) is 24.3. The van der Waals surface area contributed by atoms with Gasteiger partial charge in [0.05, 0.1) is 29.5 Å². The van der Waals surface area contributed by atoms with Gasteiger partial charge in [-0.25, -0.2) is 18.7 Å². The Kier molecular flexibility index (Phi) is 8.34. The third-order valence-electron chi connectivity index (χ3n) is 8.01. The number of H-pyrrole nitrogens is 1. The zero-order valence-electron chi connectivity index (χ0n) is 24.3. The first kappa shape index (κ1) is 30.9. The molecule has 234 valence electrons. The number of pyridine rings is 1. The first-order chi connectivity index (χ1) is 20.8. The van der Waals surface area contributed by atoms with Crippen LogP contribution >= 0.6 is 0 Å². The number of likely N-dealkylation sites (N-methyl/N-ethyl adjacent to an activating group) is 1. The molecule has 1 fully saturated rings. The molecule has 44 heavy (non-hydrogen) atoms. The number of halogens is 5. The summed E-state index contributed by atoms with van der Waals surface area (Å²) in [5.41, 5.74) is -4.14. The van der Waals surface area contributed by atoms with Gasteiger partial charge in [0.15, 0.2) is 5.82 Å². The number of anilines is 3. The summed E-state index contributed by atoms with van der Waals surface area (Å²) in [6, 6.07) is 2.83. The van der Waals surface area contributed by atoms with Gasteiger partial charge in [-0.15, -0.1) is 0 Å². The number of amides is 1. The number of methoxy groups -OCH3 is 1. The fourth-order valence-corrected chi connectivity index (χ4v) is 5.47. The van der Waals surface area contributed by atoms with E-state index in [0.717, 1.165) is 6.07 Å². The van der Waals surface area contributed by atoms with Gasteiger partial charge in [-0.3, -0.25) is 14.5 Å². The van der Waals surface area contributed by atoms with Gasteiger partial charge in [-0.05, 0) is 26.5 Å². The molecule has 0 bridgehead atoms. The van der Waals surface area contributed by atoms with Crippen LogP contribution in [0.4, 0.5) is 39.1 Å². The Balaban J connectivity index is 1.57. The normalized spacial score (nSPS) is 19.2. The lowest BCUT2D eigenvalue weighted by molar-refractivity contribution is -0.138. The van der Waals surface area contributed by atoms with Gasteiger partial charge < -0.3 is 24.8 Å². The third kappa shape index (κ3) is 5.96. The van der Waals surface area contributed by atoms with Crippen molar-refractivity contribution in [2.45, 2.75) is 32.1 Å². The number of aromatic nitrogens is 3. The van der Waals surface area contributed by atoms with Crippen molar-refractivity contribution < 1.29 is 31.5 Å². The summed E-state index contributed by atoms with van der Waals surface area (Å²) in [7, 11) is 3.36. The van der Waals surface area contributed by atoms with E-state index in [9.17, 15) is 22.8 Å². The third-order valence-corrected chi connectivity index (χ3v) is 8.01. The fourth-order valence-electron chi connectivity index (χ4n) is 5.47. The molecule has 0 spiro atoms. The molecule has 10 nitrogen and oxygen atoms in total. The molecule has 2 N–H and O–H groups in total. The molecular formula is C29H30F5N7O3. The van der Waals surface area contributed by atoms with Crippen molar-refractivity contribution in [2.75, 3.05) is 55.5 Å². The molecule has 2 aromatic heterocycles. The molecule has 1 amide bonds. The highest BCUT2D eigenvalue weighted by Gasteiger charge is 2.37. The lowest BCUT2D eigenvalue weighted by Gasteiger charge is -2.44. The van der Waals surface area contributed by atoms with Crippen molar-refractivity contribution in [3.05, 3.63) is 75.5 Å². The van der Waals surface area contributed by atoms with Crippen LogP contribution in [0.5, 0.6) is 5.88 Å². The minimum Gasteiger partial charge on any atom is -0.481 e. The summed E-state index contributed by atoms with van der Waals surface area (Å²) in [6.07, 6.45) is -1.53. The number of alkyl halides is 3. The number of hydrogen-bond acceptors (Lipinski definition) is 8. The van der Waals surface area contributed by atoms with Crippen molar-refractivity contribution in [2.24, 2.45) is 0 Å². The van der Waals surface area contributed by atoms with Crippen LogP contribution in [0.2, 0.25) is 0 Å². The summed E-state index contributed by atoms with van der Waals surface area (Å²) in [5.74, 6) is -2.61. The van der Waals surface area contributed by atoms with Crippen molar-refractivity contribution in [1.29, 1.82) is 0 Å². The topological polar surface area (TPSA) is 107 Å². The first-order valence-electron chi connectivity index (χ1n) is 13.7. The lowest BCUT2D eigenvalue weighted by Crippen LogP contribution is -2.55. The summed E-state index contributed by atoms with van der Waals surface area (Å²) in [6.45, 7) is 4.82. The predicted molar refractivity (Wildman–Crippen MR) is 154 cm³/mol. The molecule has 3 aromatic rings. The Morgan fingerprint density at radius 1 is 1.09 bits per heavy atom. The number of hydrogen-bond donors (Lipinski definition) is 2. The standard InChI is InChI=1S/C29H30F5N7O3/c1-15-11-41(12-16(2)39(15)3)21-8-20(30)25(17-5-6-40(13-17)22-9-24(44-4)37-14-36-22)26(31)27(21)38-28(43)18-10-35-23(42)7-19(18)29(32,33)34/h5,7-10,14-16H,6,11-13H2,1-4H3,(H,35,42)(H,38,43). The molecule has 15 heteroatoms. The van der Waals surface area contributed by atoms with E-state index in [1.807, 2.05) is 20.9 Å². The minimum atomic E-state index is -5.04. The number of ether oxygens (including phenoxy) is 1. The van der Waals surface area contributed by atoms with E-state index in [2.05, 4.69) is 25.2 Å². The number of carbonyl (C=O) groups excluding carboxylic acids is 1. The van der Waals surface area contributed by atoms with Crippen LogP contribution in [0.25, 0.3) is 5.57 Å². The second kappa shape index (κ2) is 11.9. The molecule has 0 aliphatic carbocycles. The van der Waals surface area contributed by atoms with Gasteiger partial charge in [0, 0.05) is 62.7 Å². The Morgan fingerprint density at radius 3 is 2.45 bits per heavy atom. The number of piperazine rings is 1. The Labute approximate surface area is 249 Å². The Bertz CT molecular complexity index is 1660. The zero-order chi connectivity index (χ0) is 31.9. The quantitative estimate of drug-likeness (QED) is 0.397. The number of nitrogens with one attached hydrogen (secondary N) is 2. The van der Waals surface area contributed by atoms with Gasteiger partial charge >= 0.3 is 6.18 Å². The maximum atomic E-state index is 16.5. The molecular weight excluding hydrogens is 589 g/mol. The molecule has 0 saturated carbocycles. The van der Waals surface area contributed by atoms with Crippen molar-refractivity contribution >= 4 is 28.7 Å². The van der Waals surface area contributed by atoms with E-state index < -0.39 is 51.7 Å². The highest BCUT2D eigenvalue weighted by atomic mass is 19.4. The molecule has 2 atom stereocenters. The number of carbonyl (C=O) groups is 1. The van der Waals surface area contributed by atoms with E-state index in [1.54, 1.807) is 21.9 Å². The SMILES string of the molecule is COc1cc(N2CC=C(c3c(F)cc(N4CC(C)N(C)C(C)C4)c(NC(=O)c4c[nH]c(=O)cc4C(F)(F)F)c3F)C2)ncn1. The molecule has 1 saturated heterocycles. The van der Waals surface area contributed by atoms with Gasteiger partial charge in [0.1, 0.15) is 23.6 Å². The second-order valence-electron chi connectivity index (χ2n) is 10.8. The summed E-state index contributed by atoms with van der Waals surface area (Å²) < 4.78 is 78.7. The summed E-state index contributed by atoms with van der Waals surface area (Å²) in [5, 5.41) is 2.28. The smallest absolute Gasteiger partial charge is 0.417 e. The number of aromatic amines is 1. The van der Waals surface area contributed by atoms with Crippen molar-refractivity contribution in [1.82, 2.24) is 19.9 Å². The summed E-state index contributed by atoms with van der Waals surface area (Å²) in [4.78, 5) is 40.7. The highest BCUT2D eigenvalue weighted by molar-refractivity contribution is 6.07. The Morgan fingerprint density at radius 2 is 1.80 bits per heavy atom. The summed E-state index contributed by atoms with van der Waals surface area (Å²) >= 11 is 0. The average Bonchev–Trinajstić information content (AvgIpc) is 3.46. The number of benzene rings is 1. The van der Waals surface area contributed by atoms with Crippen LogP contribution in [0.3, 0.4) is 0 Å². The monoisotopic (exact) mass is 619 g/mol. The van der Waals surface area contributed by atoms with Crippen molar-refractivity contribution in [3.63, 3.8) is 0 Å². The van der Waals surface area contributed by atoms with Crippen LogP contribution in [-0.4, -0.2) is 78.2 Å². The largest absolute Gasteiger partial charge is 0.481 e. The second-order valence-corrected chi connectivity index (χ2v) is 10.8. The van der Waals surface area contributed by atoms with E-state index in [0.29, 0.717) is 31.0 Å². The van der Waals surface area contributed by atoms with Crippen LogP contribution in [0.15, 0.2) is 41.6 Å². The lowest BCUT2D eigenvalue weighted by atomic mass is 10.0. The van der Waals surface area contributed by atoms with Crippen LogP contribution in [-0.2, 0) is 6.18 Å². The minimum absolute atomic E-state index is 0.0159. The molecule has 0 radical (unpaired) electrons.